The lowest BCUT2D eigenvalue weighted by molar-refractivity contribution is -0.113. The molecule has 33 heavy (non-hydrogen) atoms. The van der Waals surface area contributed by atoms with E-state index in [9.17, 15) is 4.79 Å². The van der Waals surface area contributed by atoms with Crippen molar-refractivity contribution in [2.24, 2.45) is 0 Å². The molecule has 0 fully saturated rings. The first-order valence-electron chi connectivity index (χ1n) is 10.6. The summed E-state index contributed by atoms with van der Waals surface area (Å²) in [6, 6.07) is 17.5. The first-order valence-corrected chi connectivity index (χ1v) is 11.6. The van der Waals surface area contributed by atoms with Crippen molar-refractivity contribution < 1.29 is 9.53 Å². The Morgan fingerprint density at radius 3 is 2.48 bits per heavy atom. The average molecular weight is 460 g/mol. The topological polar surface area (TPSA) is 81.9 Å². The summed E-state index contributed by atoms with van der Waals surface area (Å²) in [5, 5.41) is 12.4. The number of carbonyl (C=O) groups is 1. The molecule has 2 heterocycles. The summed E-state index contributed by atoms with van der Waals surface area (Å²) in [5.74, 6) is 1.58. The molecule has 168 valence electrons. The van der Waals surface area contributed by atoms with Crippen molar-refractivity contribution in [2.45, 2.75) is 25.9 Å². The molecule has 0 bridgehead atoms. The molecular weight excluding hydrogens is 434 g/mol. The number of pyridine rings is 1. The van der Waals surface area contributed by atoms with E-state index in [0.29, 0.717) is 17.6 Å². The molecule has 2 aromatic carbocycles. The lowest BCUT2D eigenvalue weighted by Crippen LogP contribution is -2.15. The SMILES string of the molecule is CCOc1ccc(-n2c(SCC(=O)Nc3ccc(C)cc3C)nnc2-c2ccncc2)cc1. The van der Waals surface area contributed by atoms with Gasteiger partial charge in [0.05, 0.1) is 12.4 Å². The summed E-state index contributed by atoms with van der Waals surface area (Å²) in [5.41, 5.74) is 4.78. The van der Waals surface area contributed by atoms with E-state index < -0.39 is 0 Å². The van der Waals surface area contributed by atoms with Crippen LogP contribution in [-0.2, 0) is 4.79 Å². The van der Waals surface area contributed by atoms with Crippen LogP contribution >= 0.6 is 11.8 Å². The van der Waals surface area contributed by atoms with Crippen molar-refractivity contribution >= 4 is 23.4 Å². The van der Waals surface area contributed by atoms with Crippen molar-refractivity contribution in [3.05, 3.63) is 78.1 Å². The number of hydrogen-bond acceptors (Lipinski definition) is 6. The molecule has 8 heteroatoms. The highest BCUT2D eigenvalue weighted by Crippen LogP contribution is 2.29. The van der Waals surface area contributed by atoms with Crippen molar-refractivity contribution in [3.8, 4) is 22.8 Å². The second-order valence-electron chi connectivity index (χ2n) is 7.46. The number of nitrogens with zero attached hydrogens (tertiary/aromatic N) is 4. The Bertz CT molecular complexity index is 1240. The van der Waals surface area contributed by atoms with Gasteiger partial charge in [-0.15, -0.1) is 10.2 Å². The molecule has 4 rings (SSSR count). The highest BCUT2D eigenvalue weighted by molar-refractivity contribution is 7.99. The minimum Gasteiger partial charge on any atom is -0.494 e. The summed E-state index contributed by atoms with van der Waals surface area (Å²) in [7, 11) is 0. The molecule has 0 saturated heterocycles. The van der Waals surface area contributed by atoms with Gasteiger partial charge in [-0.25, -0.2) is 0 Å². The summed E-state index contributed by atoms with van der Waals surface area (Å²) in [6.45, 7) is 6.57. The van der Waals surface area contributed by atoms with Crippen molar-refractivity contribution in [2.75, 3.05) is 17.7 Å². The van der Waals surface area contributed by atoms with Gasteiger partial charge in [0, 0.05) is 29.3 Å². The van der Waals surface area contributed by atoms with Crippen LogP contribution in [-0.4, -0.2) is 38.0 Å². The Morgan fingerprint density at radius 1 is 1.03 bits per heavy atom. The van der Waals surface area contributed by atoms with Gasteiger partial charge in [-0.1, -0.05) is 29.5 Å². The van der Waals surface area contributed by atoms with E-state index in [0.717, 1.165) is 33.8 Å². The molecule has 0 saturated carbocycles. The first kappa shape index (κ1) is 22.5. The van der Waals surface area contributed by atoms with E-state index in [1.807, 2.05) is 79.9 Å². The third-order valence-electron chi connectivity index (χ3n) is 4.97. The molecule has 4 aromatic rings. The molecule has 7 nitrogen and oxygen atoms in total. The molecule has 0 spiro atoms. The Balaban J connectivity index is 1.58. The zero-order valence-corrected chi connectivity index (χ0v) is 19.6. The third kappa shape index (κ3) is 5.40. The van der Waals surface area contributed by atoms with E-state index in [-0.39, 0.29) is 11.7 Å². The Morgan fingerprint density at radius 2 is 1.79 bits per heavy atom. The fourth-order valence-electron chi connectivity index (χ4n) is 3.41. The van der Waals surface area contributed by atoms with Crippen molar-refractivity contribution in [1.82, 2.24) is 19.7 Å². The molecule has 0 unspecified atom stereocenters. The molecule has 1 N–H and O–H groups in total. The predicted octanol–water partition coefficient (Wildman–Crippen LogP) is 5.08. The number of aryl methyl sites for hydroxylation is 2. The van der Waals surface area contributed by atoms with E-state index in [2.05, 4.69) is 20.5 Å². The van der Waals surface area contributed by atoms with Crippen LogP contribution in [0.2, 0.25) is 0 Å². The van der Waals surface area contributed by atoms with E-state index in [1.165, 1.54) is 11.8 Å². The second-order valence-corrected chi connectivity index (χ2v) is 8.40. The van der Waals surface area contributed by atoms with Crippen LogP contribution in [0.5, 0.6) is 5.75 Å². The molecule has 0 aliphatic rings. The van der Waals surface area contributed by atoms with Crippen LogP contribution in [0.4, 0.5) is 5.69 Å². The van der Waals surface area contributed by atoms with Crippen molar-refractivity contribution in [1.29, 1.82) is 0 Å². The fourth-order valence-corrected chi connectivity index (χ4v) is 4.16. The Labute approximate surface area is 197 Å². The molecule has 0 atom stereocenters. The van der Waals surface area contributed by atoms with Gasteiger partial charge in [0.15, 0.2) is 11.0 Å². The van der Waals surface area contributed by atoms with Gasteiger partial charge in [0.2, 0.25) is 5.91 Å². The van der Waals surface area contributed by atoms with E-state index >= 15 is 0 Å². The molecule has 0 radical (unpaired) electrons. The number of carbonyl (C=O) groups excluding carboxylic acids is 1. The van der Waals surface area contributed by atoms with Gasteiger partial charge in [-0.2, -0.15) is 0 Å². The van der Waals surface area contributed by atoms with Crippen molar-refractivity contribution in [3.63, 3.8) is 0 Å². The molecular formula is C25H25N5O2S. The smallest absolute Gasteiger partial charge is 0.234 e. The first-order chi connectivity index (χ1) is 16.0. The Kier molecular flexibility index (Phi) is 7.04. The standard InChI is InChI=1S/C25H25N5O2S/c1-4-32-21-8-6-20(7-9-21)30-24(19-11-13-26-14-12-19)28-29-25(30)33-16-23(31)27-22-10-5-17(2)15-18(22)3/h5-15H,4,16H2,1-3H3,(H,27,31). The minimum absolute atomic E-state index is 0.0985. The summed E-state index contributed by atoms with van der Waals surface area (Å²) >= 11 is 1.34. The molecule has 0 aliphatic carbocycles. The molecule has 1 amide bonds. The highest BCUT2D eigenvalue weighted by Gasteiger charge is 2.18. The number of amides is 1. The monoisotopic (exact) mass is 459 g/mol. The summed E-state index contributed by atoms with van der Waals surface area (Å²) in [6.07, 6.45) is 3.44. The predicted molar refractivity (Wildman–Crippen MR) is 131 cm³/mol. The van der Waals surface area contributed by atoms with Crippen LogP contribution in [0, 0.1) is 13.8 Å². The van der Waals surface area contributed by atoms with Gasteiger partial charge in [-0.3, -0.25) is 14.3 Å². The van der Waals surface area contributed by atoms with E-state index in [1.54, 1.807) is 12.4 Å². The number of thioether (sulfide) groups is 1. The highest BCUT2D eigenvalue weighted by atomic mass is 32.2. The number of benzene rings is 2. The maximum atomic E-state index is 12.6. The lowest BCUT2D eigenvalue weighted by atomic mass is 10.1. The zero-order valence-electron chi connectivity index (χ0n) is 18.8. The molecule has 2 aromatic heterocycles. The van der Waals surface area contributed by atoms with Crippen LogP contribution in [0.1, 0.15) is 18.1 Å². The fraction of sp³-hybridized carbons (Fsp3) is 0.200. The largest absolute Gasteiger partial charge is 0.494 e. The van der Waals surface area contributed by atoms with Crippen LogP contribution in [0.3, 0.4) is 0 Å². The minimum atomic E-state index is -0.0985. The third-order valence-corrected chi connectivity index (χ3v) is 5.90. The number of hydrogen-bond donors (Lipinski definition) is 1. The maximum Gasteiger partial charge on any atom is 0.234 e. The van der Waals surface area contributed by atoms with Crippen LogP contribution < -0.4 is 10.1 Å². The molecule has 0 aliphatic heterocycles. The van der Waals surface area contributed by atoms with Crippen LogP contribution in [0.25, 0.3) is 17.1 Å². The normalized spacial score (nSPS) is 10.8. The number of rotatable bonds is 8. The van der Waals surface area contributed by atoms with Gasteiger partial charge in [0.1, 0.15) is 5.75 Å². The number of nitrogens with one attached hydrogen (secondary N) is 1. The second kappa shape index (κ2) is 10.3. The average Bonchev–Trinajstić information content (AvgIpc) is 3.25. The maximum absolute atomic E-state index is 12.6. The number of anilines is 1. The lowest BCUT2D eigenvalue weighted by Gasteiger charge is -2.12. The summed E-state index contributed by atoms with van der Waals surface area (Å²) < 4.78 is 7.51. The Hall–Kier alpha value is -3.65. The van der Waals surface area contributed by atoms with Gasteiger partial charge in [0.25, 0.3) is 0 Å². The van der Waals surface area contributed by atoms with Gasteiger partial charge < -0.3 is 10.1 Å². The number of aromatic nitrogens is 4. The van der Waals surface area contributed by atoms with E-state index in [4.69, 9.17) is 4.74 Å². The van der Waals surface area contributed by atoms with Crippen LogP contribution in [0.15, 0.2) is 72.1 Å². The number of ether oxygens (including phenoxy) is 1. The van der Waals surface area contributed by atoms with Gasteiger partial charge >= 0.3 is 0 Å². The quantitative estimate of drug-likeness (QED) is 0.370. The summed E-state index contributed by atoms with van der Waals surface area (Å²) in [4.78, 5) is 16.7. The zero-order chi connectivity index (χ0) is 23.2. The van der Waals surface area contributed by atoms with Gasteiger partial charge in [-0.05, 0) is 68.8 Å².